The van der Waals surface area contributed by atoms with Gasteiger partial charge in [-0.2, -0.15) is 0 Å². The van der Waals surface area contributed by atoms with Gasteiger partial charge in [0.15, 0.2) is 0 Å². The fourth-order valence-corrected chi connectivity index (χ4v) is 3.92. The van der Waals surface area contributed by atoms with Crippen molar-refractivity contribution in [1.29, 1.82) is 0 Å². The van der Waals surface area contributed by atoms with Crippen LogP contribution in [0.2, 0.25) is 10.0 Å². The Morgan fingerprint density at radius 2 is 1.79 bits per heavy atom. The van der Waals surface area contributed by atoms with E-state index in [1.807, 2.05) is 18.2 Å². The molecule has 0 spiro atoms. The van der Waals surface area contributed by atoms with E-state index < -0.39 is 0 Å². The summed E-state index contributed by atoms with van der Waals surface area (Å²) in [6.45, 7) is 2.32. The number of ether oxygens (including phenoxy) is 2. The van der Waals surface area contributed by atoms with Gasteiger partial charge in [0.1, 0.15) is 11.5 Å². The van der Waals surface area contributed by atoms with E-state index in [4.69, 9.17) is 32.7 Å². The van der Waals surface area contributed by atoms with Crippen molar-refractivity contribution < 1.29 is 14.3 Å². The molecule has 0 aliphatic carbocycles. The van der Waals surface area contributed by atoms with E-state index in [-0.39, 0.29) is 11.8 Å². The Kier molecular flexibility index (Phi) is 7.05. The number of carbonyl (C=O) groups excluding carboxylic acids is 1. The van der Waals surface area contributed by atoms with Gasteiger partial charge >= 0.3 is 0 Å². The fraction of sp³-hybridized carbons (Fsp3) is 0.381. The number of hydrogen-bond donors (Lipinski definition) is 1. The van der Waals surface area contributed by atoms with Crippen LogP contribution in [0.15, 0.2) is 36.4 Å². The molecule has 3 rings (SSSR count). The molecular weight excluding hydrogens is 399 g/mol. The summed E-state index contributed by atoms with van der Waals surface area (Å²) < 4.78 is 10.6. The highest BCUT2D eigenvalue weighted by molar-refractivity contribution is 6.35. The number of benzene rings is 2. The molecule has 0 atom stereocenters. The Labute approximate surface area is 175 Å². The summed E-state index contributed by atoms with van der Waals surface area (Å²) >= 11 is 12.5. The molecule has 7 heteroatoms. The number of methoxy groups -OCH3 is 2. The third-order valence-corrected chi connectivity index (χ3v) is 5.77. The van der Waals surface area contributed by atoms with Gasteiger partial charge in [-0.25, -0.2) is 0 Å². The van der Waals surface area contributed by atoms with E-state index >= 15 is 0 Å². The van der Waals surface area contributed by atoms with Gasteiger partial charge in [-0.1, -0.05) is 29.3 Å². The first kappa shape index (κ1) is 20.8. The maximum atomic E-state index is 12.7. The van der Waals surface area contributed by atoms with Crippen molar-refractivity contribution in [1.82, 2.24) is 4.90 Å². The molecule has 2 aromatic carbocycles. The van der Waals surface area contributed by atoms with Crippen LogP contribution in [0.25, 0.3) is 0 Å². The van der Waals surface area contributed by atoms with E-state index in [0.717, 1.165) is 31.5 Å². The van der Waals surface area contributed by atoms with Gasteiger partial charge in [-0.05, 0) is 50.2 Å². The zero-order chi connectivity index (χ0) is 20.1. The summed E-state index contributed by atoms with van der Waals surface area (Å²) in [5.41, 5.74) is 1.56. The molecule has 1 heterocycles. The van der Waals surface area contributed by atoms with Crippen molar-refractivity contribution in [3.05, 3.63) is 52.0 Å². The average Bonchev–Trinajstić information content (AvgIpc) is 2.71. The van der Waals surface area contributed by atoms with Crippen LogP contribution in [-0.2, 0) is 11.3 Å². The molecular formula is C21H24Cl2N2O3. The van der Waals surface area contributed by atoms with Crippen LogP contribution in [-0.4, -0.2) is 38.1 Å². The zero-order valence-electron chi connectivity index (χ0n) is 16.0. The van der Waals surface area contributed by atoms with E-state index in [9.17, 15) is 4.79 Å². The molecule has 1 aliphatic heterocycles. The molecule has 0 saturated carbocycles. The minimum absolute atomic E-state index is 0.00183. The number of halogens is 2. The van der Waals surface area contributed by atoms with Crippen molar-refractivity contribution in [3.8, 4) is 11.5 Å². The second-order valence-corrected chi connectivity index (χ2v) is 7.62. The molecule has 5 nitrogen and oxygen atoms in total. The van der Waals surface area contributed by atoms with Crippen molar-refractivity contribution >= 4 is 34.8 Å². The van der Waals surface area contributed by atoms with E-state index in [0.29, 0.717) is 33.8 Å². The Morgan fingerprint density at radius 3 is 2.39 bits per heavy atom. The lowest BCUT2D eigenvalue weighted by molar-refractivity contribution is -0.121. The van der Waals surface area contributed by atoms with E-state index in [1.54, 1.807) is 32.4 Å². The highest BCUT2D eigenvalue weighted by Gasteiger charge is 2.26. The number of likely N-dealkylation sites (tertiary alicyclic amines) is 1. The number of amides is 1. The summed E-state index contributed by atoms with van der Waals surface area (Å²) in [5, 5.41) is 4.34. The molecule has 0 aromatic heterocycles. The van der Waals surface area contributed by atoms with Crippen LogP contribution < -0.4 is 14.8 Å². The molecule has 1 amide bonds. The van der Waals surface area contributed by atoms with Gasteiger partial charge in [0.05, 0.1) is 19.9 Å². The average molecular weight is 423 g/mol. The second-order valence-electron chi connectivity index (χ2n) is 6.81. The molecule has 28 heavy (non-hydrogen) atoms. The van der Waals surface area contributed by atoms with Gasteiger partial charge in [0.25, 0.3) is 0 Å². The zero-order valence-corrected chi connectivity index (χ0v) is 17.5. The molecule has 0 radical (unpaired) electrons. The molecule has 1 saturated heterocycles. The van der Waals surface area contributed by atoms with Crippen molar-refractivity contribution in [2.45, 2.75) is 19.4 Å². The summed E-state index contributed by atoms with van der Waals surface area (Å²) in [7, 11) is 3.17. The Bertz CT molecular complexity index is 816. The minimum Gasteiger partial charge on any atom is -0.497 e. The summed E-state index contributed by atoms with van der Waals surface area (Å²) in [6.07, 6.45) is 1.56. The Morgan fingerprint density at radius 1 is 1.11 bits per heavy atom. The first-order valence-electron chi connectivity index (χ1n) is 9.20. The molecule has 1 N–H and O–H groups in total. The first-order chi connectivity index (χ1) is 13.5. The maximum Gasteiger partial charge on any atom is 0.227 e. The lowest BCUT2D eigenvalue weighted by Crippen LogP contribution is -2.37. The number of piperidine rings is 1. The molecule has 2 aromatic rings. The predicted octanol–water partition coefficient (Wildman–Crippen LogP) is 4.86. The van der Waals surface area contributed by atoms with Crippen molar-refractivity contribution in [3.63, 3.8) is 0 Å². The number of anilines is 1. The Balaban J connectivity index is 1.58. The minimum atomic E-state index is -0.0473. The maximum absolute atomic E-state index is 12.7. The van der Waals surface area contributed by atoms with Crippen LogP contribution in [0.5, 0.6) is 11.5 Å². The lowest BCUT2D eigenvalue weighted by Gasteiger charge is -2.31. The van der Waals surface area contributed by atoms with Crippen LogP contribution >= 0.6 is 23.2 Å². The number of rotatable bonds is 6. The Hall–Kier alpha value is -1.95. The second kappa shape index (κ2) is 9.50. The summed E-state index contributed by atoms with van der Waals surface area (Å²) in [6, 6.07) is 10.9. The number of nitrogens with zero attached hydrogens (tertiary/aromatic N) is 1. The lowest BCUT2D eigenvalue weighted by atomic mass is 9.95. The van der Waals surface area contributed by atoms with Crippen LogP contribution in [0, 0.1) is 5.92 Å². The summed E-state index contributed by atoms with van der Waals surface area (Å²) in [4.78, 5) is 15.0. The quantitative estimate of drug-likeness (QED) is 0.721. The standard InChI is InChI=1S/C21H24Cl2N2O3/c1-27-15-6-7-20(28-2)19(12-15)24-21(26)14-8-10-25(11-9-14)13-16-17(22)4-3-5-18(16)23/h3-7,12,14H,8-11,13H2,1-2H3,(H,24,26). The van der Waals surface area contributed by atoms with E-state index in [1.165, 1.54) is 0 Å². The van der Waals surface area contributed by atoms with Crippen molar-refractivity contribution in [2.24, 2.45) is 5.92 Å². The first-order valence-corrected chi connectivity index (χ1v) is 9.95. The molecule has 0 bridgehead atoms. The number of nitrogens with one attached hydrogen (secondary N) is 1. The number of carbonyl (C=O) groups is 1. The van der Waals surface area contributed by atoms with Gasteiger partial charge in [0.2, 0.25) is 5.91 Å². The summed E-state index contributed by atoms with van der Waals surface area (Å²) in [5.74, 6) is 1.23. The van der Waals surface area contributed by atoms with E-state index in [2.05, 4.69) is 10.2 Å². The normalized spacial score (nSPS) is 15.3. The third-order valence-electron chi connectivity index (χ3n) is 5.07. The van der Waals surface area contributed by atoms with Gasteiger partial charge in [0, 0.05) is 34.1 Å². The van der Waals surface area contributed by atoms with Gasteiger partial charge < -0.3 is 14.8 Å². The van der Waals surface area contributed by atoms with Gasteiger partial charge in [-0.15, -0.1) is 0 Å². The largest absolute Gasteiger partial charge is 0.497 e. The third kappa shape index (κ3) is 4.90. The number of hydrogen-bond acceptors (Lipinski definition) is 4. The predicted molar refractivity (Wildman–Crippen MR) is 113 cm³/mol. The van der Waals surface area contributed by atoms with Gasteiger partial charge in [-0.3, -0.25) is 9.69 Å². The molecule has 150 valence electrons. The van der Waals surface area contributed by atoms with Crippen molar-refractivity contribution in [2.75, 3.05) is 32.6 Å². The fourth-order valence-electron chi connectivity index (χ4n) is 3.41. The topological polar surface area (TPSA) is 50.8 Å². The van der Waals surface area contributed by atoms with Crippen LogP contribution in [0.1, 0.15) is 18.4 Å². The highest BCUT2D eigenvalue weighted by atomic mass is 35.5. The SMILES string of the molecule is COc1ccc(OC)c(NC(=O)C2CCN(Cc3c(Cl)cccc3Cl)CC2)c1. The monoisotopic (exact) mass is 422 g/mol. The molecule has 0 unspecified atom stereocenters. The van der Waals surface area contributed by atoms with Crippen LogP contribution in [0.3, 0.4) is 0 Å². The highest BCUT2D eigenvalue weighted by Crippen LogP contribution is 2.31. The smallest absolute Gasteiger partial charge is 0.227 e. The molecule has 1 fully saturated rings. The molecule has 1 aliphatic rings. The van der Waals surface area contributed by atoms with Crippen LogP contribution in [0.4, 0.5) is 5.69 Å².